The molecule has 0 amide bonds. The zero-order valence-corrected chi connectivity index (χ0v) is 12.8. The monoisotopic (exact) mass is 295 g/mol. The maximum absolute atomic E-state index is 5.65. The zero-order chi connectivity index (χ0) is 15.0. The van der Waals surface area contributed by atoms with Crippen LogP contribution in [0.5, 0.6) is 11.5 Å². The fraction of sp³-hybridized carbons (Fsp3) is 0.368. The molecule has 0 saturated heterocycles. The minimum atomic E-state index is 0.203. The van der Waals surface area contributed by atoms with Crippen LogP contribution in [0.15, 0.2) is 48.5 Å². The van der Waals surface area contributed by atoms with Gasteiger partial charge in [-0.3, -0.25) is 0 Å². The Morgan fingerprint density at radius 1 is 1.05 bits per heavy atom. The predicted octanol–water partition coefficient (Wildman–Crippen LogP) is 3.49. The van der Waals surface area contributed by atoms with Crippen LogP contribution in [0.2, 0.25) is 0 Å². The van der Waals surface area contributed by atoms with Gasteiger partial charge >= 0.3 is 0 Å². The Morgan fingerprint density at radius 3 is 2.64 bits per heavy atom. The van der Waals surface area contributed by atoms with Gasteiger partial charge in [-0.05, 0) is 36.6 Å². The molecule has 2 atom stereocenters. The molecular weight excluding hydrogens is 274 g/mol. The highest BCUT2D eigenvalue weighted by molar-refractivity contribution is 5.44. The summed E-state index contributed by atoms with van der Waals surface area (Å²) in [5.41, 5.74) is 2.87. The minimum Gasteiger partial charge on any atom is -0.486 e. The maximum Gasteiger partial charge on any atom is 0.161 e. The molecule has 1 N–H and O–H groups in total. The minimum absolute atomic E-state index is 0.203. The molecule has 0 unspecified atom stereocenters. The van der Waals surface area contributed by atoms with Gasteiger partial charge in [-0.15, -0.1) is 0 Å². The van der Waals surface area contributed by atoms with Crippen LogP contribution in [-0.2, 0) is 6.54 Å². The van der Waals surface area contributed by atoms with Crippen molar-refractivity contribution in [2.45, 2.75) is 31.3 Å². The molecule has 3 nitrogen and oxygen atoms in total. The molecule has 22 heavy (non-hydrogen) atoms. The number of benzene rings is 2. The molecular formula is C19H21NO2. The van der Waals surface area contributed by atoms with Gasteiger partial charge in [-0.2, -0.15) is 0 Å². The average Bonchev–Trinajstić information content (AvgIpc) is 3.26. The van der Waals surface area contributed by atoms with Gasteiger partial charge in [0.15, 0.2) is 11.5 Å². The van der Waals surface area contributed by atoms with Crippen molar-refractivity contribution in [2.24, 2.45) is 0 Å². The van der Waals surface area contributed by atoms with Crippen LogP contribution in [0.1, 0.15) is 30.4 Å². The number of hydrogen-bond donors (Lipinski definition) is 1. The molecule has 3 heteroatoms. The number of nitrogens with one attached hydrogen (secondary N) is 1. The summed E-state index contributed by atoms with van der Waals surface area (Å²) in [6, 6.07) is 17.0. The van der Waals surface area contributed by atoms with Crippen LogP contribution in [0.25, 0.3) is 0 Å². The van der Waals surface area contributed by atoms with Crippen molar-refractivity contribution in [1.29, 1.82) is 0 Å². The average molecular weight is 295 g/mol. The van der Waals surface area contributed by atoms with Crippen molar-refractivity contribution in [2.75, 3.05) is 13.2 Å². The Balaban J connectivity index is 1.41. The topological polar surface area (TPSA) is 30.5 Å². The van der Waals surface area contributed by atoms with Crippen LogP contribution in [0, 0.1) is 0 Å². The van der Waals surface area contributed by atoms with E-state index in [1.54, 1.807) is 0 Å². The van der Waals surface area contributed by atoms with Crippen LogP contribution in [0.4, 0.5) is 0 Å². The Morgan fingerprint density at radius 2 is 1.82 bits per heavy atom. The third-order valence-corrected chi connectivity index (χ3v) is 4.74. The molecule has 2 aliphatic rings. The second-order valence-electron chi connectivity index (χ2n) is 6.42. The summed E-state index contributed by atoms with van der Waals surface area (Å²) >= 11 is 0. The van der Waals surface area contributed by atoms with Gasteiger partial charge in [0.2, 0.25) is 0 Å². The maximum atomic E-state index is 5.65. The molecule has 2 aromatic carbocycles. The largest absolute Gasteiger partial charge is 0.486 e. The third kappa shape index (κ3) is 2.57. The van der Waals surface area contributed by atoms with Gasteiger partial charge in [-0.1, -0.05) is 36.4 Å². The van der Waals surface area contributed by atoms with Crippen molar-refractivity contribution < 1.29 is 9.47 Å². The van der Waals surface area contributed by atoms with E-state index in [-0.39, 0.29) is 5.54 Å². The number of fused-ring (bicyclic) bond motifs is 1. The van der Waals surface area contributed by atoms with Crippen molar-refractivity contribution >= 4 is 0 Å². The van der Waals surface area contributed by atoms with E-state index in [4.69, 9.17) is 9.47 Å². The quantitative estimate of drug-likeness (QED) is 0.936. The summed E-state index contributed by atoms with van der Waals surface area (Å²) in [4.78, 5) is 0. The molecule has 1 fully saturated rings. The van der Waals surface area contributed by atoms with E-state index in [0.29, 0.717) is 19.1 Å². The predicted molar refractivity (Wildman–Crippen MR) is 86.5 cm³/mol. The van der Waals surface area contributed by atoms with Crippen molar-refractivity contribution in [3.05, 3.63) is 59.7 Å². The van der Waals surface area contributed by atoms with Gasteiger partial charge in [0.1, 0.15) is 13.2 Å². The summed E-state index contributed by atoms with van der Waals surface area (Å²) in [5.74, 6) is 2.34. The third-order valence-electron chi connectivity index (χ3n) is 4.74. The van der Waals surface area contributed by atoms with E-state index in [1.165, 1.54) is 17.5 Å². The molecule has 1 saturated carbocycles. The first kappa shape index (κ1) is 13.6. The molecule has 0 radical (unpaired) electrons. The molecule has 4 rings (SSSR count). The summed E-state index contributed by atoms with van der Waals surface area (Å²) in [7, 11) is 0. The van der Waals surface area contributed by atoms with E-state index < -0.39 is 0 Å². The summed E-state index contributed by atoms with van der Waals surface area (Å²) < 4.78 is 11.2. The van der Waals surface area contributed by atoms with E-state index in [0.717, 1.165) is 18.0 Å². The molecule has 0 spiro atoms. The van der Waals surface area contributed by atoms with E-state index >= 15 is 0 Å². The van der Waals surface area contributed by atoms with Crippen molar-refractivity contribution in [3.63, 3.8) is 0 Å². The van der Waals surface area contributed by atoms with Gasteiger partial charge in [-0.25, -0.2) is 0 Å². The standard InChI is InChI=1S/C19H21NO2/c1-19(12-16(19)15-5-3-2-4-6-15)20-13-14-7-8-17-18(11-14)22-10-9-21-17/h2-8,11,16,20H,9-10,12-13H2,1H3/t16-,19+/m0/s1. The zero-order valence-electron chi connectivity index (χ0n) is 12.8. The molecule has 1 aliphatic carbocycles. The highest BCUT2D eigenvalue weighted by atomic mass is 16.6. The molecule has 1 heterocycles. The molecule has 2 aromatic rings. The first-order chi connectivity index (χ1) is 10.7. The number of hydrogen-bond acceptors (Lipinski definition) is 3. The Bertz CT molecular complexity index is 670. The van der Waals surface area contributed by atoms with Crippen LogP contribution < -0.4 is 14.8 Å². The lowest BCUT2D eigenvalue weighted by atomic mass is 10.1. The molecule has 0 aromatic heterocycles. The van der Waals surface area contributed by atoms with Crippen molar-refractivity contribution in [1.82, 2.24) is 5.32 Å². The van der Waals surface area contributed by atoms with Crippen LogP contribution in [-0.4, -0.2) is 18.8 Å². The lowest BCUT2D eigenvalue weighted by Crippen LogP contribution is -2.29. The van der Waals surface area contributed by atoms with Gasteiger partial charge in [0.25, 0.3) is 0 Å². The molecule has 1 aliphatic heterocycles. The molecule has 0 bridgehead atoms. The second-order valence-corrected chi connectivity index (χ2v) is 6.42. The number of rotatable bonds is 4. The number of ether oxygens (including phenoxy) is 2. The SMILES string of the molecule is C[C@@]1(NCc2ccc3c(c2)OCCO3)C[C@H]1c1ccccc1. The summed E-state index contributed by atoms with van der Waals surface area (Å²) in [5, 5.41) is 3.71. The fourth-order valence-electron chi connectivity index (χ4n) is 3.23. The lowest BCUT2D eigenvalue weighted by Gasteiger charge is -2.20. The van der Waals surface area contributed by atoms with E-state index in [1.807, 2.05) is 6.07 Å². The smallest absolute Gasteiger partial charge is 0.161 e. The van der Waals surface area contributed by atoms with Crippen LogP contribution in [0.3, 0.4) is 0 Å². The van der Waals surface area contributed by atoms with Gasteiger partial charge < -0.3 is 14.8 Å². The van der Waals surface area contributed by atoms with Crippen molar-refractivity contribution in [3.8, 4) is 11.5 Å². The fourth-order valence-corrected chi connectivity index (χ4v) is 3.23. The van der Waals surface area contributed by atoms with Gasteiger partial charge in [0.05, 0.1) is 0 Å². The first-order valence-electron chi connectivity index (χ1n) is 7.93. The highest BCUT2D eigenvalue weighted by Gasteiger charge is 2.50. The summed E-state index contributed by atoms with van der Waals surface area (Å²) in [6.07, 6.45) is 1.20. The highest BCUT2D eigenvalue weighted by Crippen LogP contribution is 2.51. The Kier molecular flexibility index (Phi) is 3.30. The first-order valence-corrected chi connectivity index (χ1v) is 7.93. The molecule has 114 valence electrons. The normalized spacial score (nSPS) is 25.8. The van der Waals surface area contributed by atoms with Crippen LogP contribution >= 0.6 is 0 Å². The van der Waals surface area contributed by atoms with E-state index in [9.17, 15) is 0 Å². The second kappa shape index (κ2) is 5.33. The van der Waals surface area contributed by atoms with Gasteiger partial charge in [0, 0.05) is 18.0 Å². The van der Waals surface area contributed by atoms with E-state index in [2.05, 4.69) is 54.7 Å². The Hall–Kier alpha value is -2.00. The summed E-state index contributed by atoms with van der Waals surface area (Å²) in [6.45, 7) is 4.44. The lowest BCUT2D eigenvalue weighted by molar-refractivity contribution is 0.171. The Labute approximate surface area is 131 Å².